The molecule has 0 radical (unpaired) electrons. The van der Waals surface area contributed by atoms with Gasteiger partial charge in [0.05, 0.1) is 19.8 Å². The van der Waals surface area contributed by atoms with Gasteiger partial charge in [0.2, 0.25) is 0 Å². The van der Waals surface area contributed by atoms with Gasteiger partial charge in [0.1, 0.15) is 0 Å². The molecule has 1 heterocycles. The van der Waals surface area contributed by atoms with E-state index in [2.05, 4.69) is 0 Å². The van der Waals surface area contributed by atoms with Gasteiger partial charge in [-0.1, -0.05) is 6.07 Å². The molecule has 23 heavy (non-hydrogen) atoms. The van der Waals surface area contributed by atoms with Gasteiger partial charge in [0, 0.05) is 17.0 Å². The molecule has 0 fully saturated rings. The molecule has 0 N–H and O–H groups in total. The molecule has 5 heteroatoms. The lowest BCUT2D eigenvalue weighted by Crippen LogP contribution is -2.30. The van der Waals surface area contributed by atoms with Crippen molar-refractivity contribution in [2.75, 3.05) is 19.8 Å². The molecule has 2 rings (SSSR count). The molecule has 0 atom stereocenters. The van der Waals surface area contributed by atoms with E-state index in [1.54, 1.807) is 29.5 Å². The van der Waals surface area contributed by atoms with Gasteiger partial charge in [0.15, 0.2) is 11.5 Å². The highest BCUT2D eigenvalue weighted by atomic mass is 32.1. The summed E-state index contributed by atoms with van der Waals surface area (Å²) in [6, 6.07) is 9.42. The van der Waals surface area contributed by atoms with E-state index < -0.39 is 0 Å². The van der Waals surface area contributed by atoms with E-state index in [1.807, 2.05) is 43.2 Å². The van der Waals surface area contributed by atoms with Crippen LogP contribution in [0.3, 0.4) is 0 Å². The van der Waals surface area contributed by atoms with E-state index in [1.165, 1.54) is 4.88 Å². The predicted octanol–water partition coefficient (Wildman–Crippen LogP) is 4.21. The molecule has 1 aromatic heterocycles. The number of hydrogen-bond acceptors (Lipinski definition) is 4. The van der Waals surface area contributed by atoms with Gasteiger partial charge in [-0.3, -0.25) is 4.79 Å². The predicted molar refractivity (Wildman–Crippen MR) is 93.5 cm³/mol. The third-order valence-corrected chi connectivity index (χ3v) is 4.25. The maximum atomic E-state index is 12.8. The fraction of sp³-hybridized carbons (Fsp3) is 0.389. The van der Waals surface area contributed by atoms with Gasteiger partial charge in [0.25, 0.3) is 5.91 Å². The van der Waals surface area contributed by atoms with Crippen LogP contribution >= 0.6 is 11.3 Å². The Hall–Kier alpha value is -2.01. The zero-order chi connectivity index (χ0) is 16.7. The molecule has 0 bridgehead atoms. The summed E-state index contributed by atoms with van der Waals surface area (Å²) in [6.45, 7) is 8.22. The number of benzene rings is 1. The number of nitrogens with zero attached hydrogens (tertiary/aromatic N) is 1. The standard InChI is InChI=1S/C18H23NO3S/c1-4-19(13-15-8-7-11-23-15)18(20)14-9-10-16(21-5-2)17(12-14)22-6-3/h7-12H,4-6,13H2,1-3H3. The van der Waals surface area contributed by atoms with Gasteiger partial charge in [-0.2, -0.15) is 0 Å². The molecule has 1 aromatic carbocycles. The minimum Gasteiger partial charge on any atom is -0.490 e. The van der Waals surface area contributed by atoms with Gasteiger partial charge in [-0.05, 0) is 50.4 Å². The topological polar surface area (TPSA) is 38.8 Å². The molecular formula is C18H23NO3S. The largest absolute Gasteiger partial charge is 0.490 e. The van der Waals surface area contributed by atoms with Gasteiger partial charge < -0.3 is 14.4 Å². The fourth-order valence-electron chi connectivity index (χ4n) is 2.28. The second-order valence-electron chi connectivity index (χ2n) is 4.93. The van der Waals surface area contributed by atoms with Crippen molar-refractivity contribution in [3.8, 4) is 11.5 Å². The van der Waals surface area contributed by atoms with E-state index in [0.29, 0.717) is 43.4 Å². The summed E-state index contributed by atoms with van der Waals surface area (Å²) in [5.74, 6) is 1.30. The van der Waals surface area contributed by atoms with Crippen molar-refractivity contribution >= 4 is 17.2 Å². The third kappa shape index (κ3) is 4.48. The van der Waals surface area contributed by atoms with Crippen LogP contribution in [0.15, 0.2) is 35.7 Å². The lowest BCUT2D eigenvalue weighted by molar-refractivity contribution is 0.0753. The summed E-state index contributed by atoms with van der Waals surface area (Å²) >= 11 is 1.66. The number of ether oxygens (including phenoxy) is 2. The number of rotatable bonds is 8. The van der Waals surface area contributed by atoms with Crippen molar-refractivity contribution in [1.82, 2.24) is 4.90 Å². The Morgan fingerprint density at radius 1 is 1.09 bits per heavy atom. The quantitative estimate of drug-likeness (QED) is 0.726. The van der Waals surface area contributed by atoms with Crippen LogP contribution in [-0.2, 0) is 6.54 Å². The Bertz CT molecular complexity index is 625. The van der Waals surface area contributed by atoms with Crippen molar-refractivity contribution in [2.45, 2.75) is 27.3 Å². The van der Waals surface area contributed by atoms with Crippen LogP contribution in [-0.4, -0.2) is 30.6 Å². The highest BCUT2D eigenvalue weighted by Crippen LogP contribution is 2.29. The lowest BCUT2D eigenvalue weighted by Gasteiger charge is -2.21. The zero-order valence-electron chi connectivity index (χ0n) is 13.9. The second-order valence-corrected chi connectivity index (χ2v) is 5.96. The second kappa shape index (κ2) is 8.58. The summed E-state index contributed by atoms with van der Waals surface area (Å²) in [6.07, 6.45) is 0. The lowest BCUT2D eigenvalue weighted by atomic mass is 10.1. The van der Waals surface area contributed by atoms with Gasteiger partial charge >= 0.3 is 0 Å². The van der Waals surface area contributed by atoms with E-state index >= 15 is 0 Å². The Kier molecular flexibility index (Phi) is 6.47. The minimum absolute atomic E-state index is 0.00454. The van der Waals surface area contributed by atoms with Crippen molar-refractivity contribution < 1.29 is 14.3 Å². The number of hydrogen-bond donors (Lipinski definition) is 0. The molecule has 1 amide bonds. The minimum atomic E-state index is 0.00454. The number of carbonyl (C=O) groups is 1. The highest BCUT2D eigenvalue weighted by Gasteiger charge is 2.17. The smallest absolute Gasteiger partial charge is 0.254 e. The molecule has 0 saturated carbocycles. The van der Waals surface area contributed by atoms with Crippen LogP contribution < -0.4 is 9.47 Å². The van der Waals surface area contributed by atoms with Crippen molar-refractivity contribution in [3.63, 3.8) is 0 Å². The van der Waals surface area contributed by atoms with Crippen molar-refractivity contribution in [1.29, 1.82) is 0 Å². The van der Waals surface area contributed by atoms with Gasteiger partial charge in [-0.15, -0.1) is 11.3 Å². The van der Waals surface area contributed by atoms with Crippen LogP contribution in [0, 0.1) is 0 Å². The Morgan fingerprint density at radius 2 is 1.83 bits per heavy atom. The van der Waals surface area contributed by atoms with E-state index in [9.17, 15) is 4.79 Å². The Labute approximate surface area is 141 Å². The first-order valence-electron chi connectivity index (χ1n) is 7.90. The third-order valence-electron chi connectivity index (χ3n) is 3.39. The maximum absolute atomic E-state index is 12.8. The maximum Gasteiger partial charge on any atom is 0.254 e. The monoisotopic (exact) mass is 333 g/mol. The number of carbonyl (C=O) groups excluding carboxylic acids is 1. The molecule has 0 saturated heterocycles. The molecule has 124 valence electrons. The zero-order valence-corrected chi connectivity index (χ0v) is 14.7. The van der Waals surface area contributed by atoms with Crippen LogP contribution in [0.25, 0.3) is 0 Å². The summed E-state index contributed by atoms with van der Waals surface area (Å²) in [5.41, 5.74) is 0.621. The van der Waals surface area contributed by atoms with E-state index in [0.717, 1.165) is 0 Å². The van der Waals surface area contributed by atoms with Crippen LogP contribution in [0.5, 0.6) is 11.5 Å². The normalized spacial score (nSPS) is 10.4. The summed E-state index contributed by atoms with van der Waals surface area (Å²) in [4.78, 5) is 15.8. The molecule has 4 nitrogen and oxygen atoms in total. The Balaban J connectivity index is 2.21. The highest BCUT2D eigenvalue weighted by molar-refractivity contribution is 7.09. The van der Waals surface area contributed by atoms with Gasteiger partial charge in [-0.25, -0.2) is 0 Å². The SMILES string of the molecule is CCOc1ccc(C(=O)N(CC)Cc2cccs2)cc1OCC. The first kappa shape index (κ1) is 17.3. The van der Waals surface area contributed by atoms with E-state index in [-0.39, 0.29) is 5.91 Å². The Morgan fingerprint density at radius 3 is 2.43 bits per heavy atom. The number of thiophene rings is 1. The number of amides is 1. The molecule has 0 spiro atoms. The molecular weight excluding hydrogens is 310 g/mol. The average molecular weight is 333 g/mol. The molecule has 0 aliphatic heterocycles. The first-order chi connectivity index (χ1) is 11.2. The average Bonchev–Trinajstić information content (AvgIpc) is 3.07. The van der Waals surface area contributed by atoms with Crippen LogP contribution in [0.1, 0.15) is 36.0 Å². The molecule has 0 aliphatic rings. The summed E-state index contributed by atoms with van der Waals surface area (Å²) in [5, 5.41) is 2.03. The van der Waals surface area contributed by atoms with Crippen LogP contribution in [0.2, 0.25) is 0 Å². The van der Waals surface area contributed by atoms with Crippen molar-refractivity contribution in [3.05, 3.63) is 46.2 Å². The van der Waals surface area contributed by atoms with Crippen molar-refractivity contribution in [2.24, 2.45) is 0 Å². The fourth-order valence-corrected chi connectivity index (χ4v) is 3.00. The molecule has 0 aliphatic carbocycles. The first-order valence-corrected chi connectivity index (χ1v) is 8.78. The summed E-state index contributed by atoms with van der Waals surface area (Å²) < 4.78 is 11.2. The van der Waals surface area contributed by atoms with E-state index in [4.69, 9.17) is 9.47 Å². The molecule has 2 aromatic rings. The summed E-state index contributed by atoms with van der Waals surface area (Å²) in [7, 11) is 0. The molecule has 0 unspecified atom stereocenters. The van der Waals surface area contributed by atoms with Crippen LogP contribution in [0.4, 0.5) is 0 Å².